The normalized spacial score (nSPS) is 14.9. The molecule has 1 fully saturated rings. The summed E-state index contributed by atoms with van der Waals surface area (Å²) in [4.78, 5) is 34.5. The summed E-state index contributed by atoms with van der Waals surface area (Å²) in [5.41, 5.74) is 6.28. The maximum absolute atomic E-state index is 12.5. The van der Waals surface area contributed by atoms with Crippen molar-refractivity contribution in [3.05, 3.63) is 46.3 Å². The van der Waals surface area contributed by atoms with Gasteiger partial charge in [-0.1, -0.05) is 0 Å². The van der Waals surface area contributed by atoms with Crippen molar-refractivity contribution >= 4 is 28.9 Å². The first-order valence-corrected chi connectivity index (χ1v) is 8.05. The van der Waals surface area contributed by atoms with E-state index in [2.05, 4.69) is 20.2 Å². The van der Waals surface area contributed by atoms with Crippen molar-refractivity contribution in [1.82, 2.24) is 19.8 Å². The van der Waals surface area contributed by atoms with Crippen molar-refractivity contribution in [1.29, 1.82) is 0 Å². The van der Waals surface area contributed by atoms with Gasteiger partial charge < -0.3 is 20.9 Å². The third-order valence-electron chi connectivity index (χ3n) is 4.22. The number of hydrogen-bond donors (Lipinski definition) is 2. The van der Waals surface area contributed by atoms with Gasteiger partial charge in [0.05, 0.1) is 4.92 Å². The zero-order valence-corrected chi connectivity index (χ0v) is 14.3. The van der Waals surface area contributed by atoms with Crippen molar-refractivity contribution in [2.24, 2.45) is 0 Å². The molecule has 0 unspecified atom stereocenters. The molecule has 1 amide bonds. The number of carbonyl (C=O) groups excluding carboxylic acids is 1. The van der Waals surface area contributed by atoms with Crippen LogP contribution in [-0.4, -0.2) is 63.8 Å². The Kier molecular flexibility index (Phi) is 4.94. The molecule has 2 heterocycles. The molecule has 2 aromatic rings. The quantitative estimate of drug-likeness (QED) is 0.614. The number of nitrogens with two attached hydrogens (primary N) is 1. The van der Waals surface area contributed by atoms with Crippen LogP contribution in [0, 0.1) is 10.1 Å². The third kappa shape index (κ3) is 3.70. The van der Waals surface area contributed by atoms with E-state index in [0.29, 0.717) is 24.3 Å². The molecule has 0 atom stereocenters. The van der Waals surface area contributed by atoms with E-state index in [9.17, 15) is 14.9 Å². The van der Waals surface area contributed by atoms with Crippen LogP contribution in [0.2, 0.25) is 0 Å². The lowest BCUT2D eigenvalue weighted by Gasteiger charge is -2.32. The smallest absolute Gasteiger partial charge is 0.353 e. The lowest BCUT2D eigenvalue weighted by molar-refractivity contribution is -0.383. The van der Waals surface area contributed by atoms with Gasteiger partial charge in [-0.3, -0.25) is 14.9 Å². The van der Waals surface area contributed by atoms with Crippen LogP contribution in [0.15, 0.2) is 30.6 Å². The van der Waals surface area contributed by atoms with Gasteiger partial charge in [-0.25, -0.2) is 9.97 Å². The summed E-state index contributed by atoms with van der Waals surface area (Å²) >= 11 is 0. The van der Waals surface area contributed by atoms with E-state index in [1.54, 1.807) is 24.3 Å². The third-order valence-corrected chi connectivity index (χ3v) is 4.22. The van der Waals surface area contributed by atoms with E-state index in [4.69, 9.17) is 5.73 Å². The molecule has 0 bridgehead atoms. The minimum absolute atomic E-state index is 0.000597. The summed E-state index contributed by atoms with van der Waals surface area (Å²) in [7, 11) is 2.03. The number of benzene rings is 1. The molecule has 26 heavy (non-hydrogen) atoms. The van der Waals surface area contributed by atoms with Gasteiger partial charge in [0.25, 0.3) is 5.91 Å². The van der Waals surface area contributed by atoms with Gasteiger partial charge >= 0.3 is 5.69 Å². The molecular formula is C16H19N7O3. The molecule has 3 N–H and O–H groups in total. The van der Waals surface area contributed by atoms with Gasteiger partial charge in [-0.05, 0) is 31.3 Å². The van der Waals surface area contributed by atoms with Gasteiger partial charge in [-0.2, -0.15) is 0 Å². The fourth-order valence-corrected chi connectivity index (χ4v) is 2.69. The summed E-state index contributed by atoms with van der Waals surface area (Å²) in [6, 6.07) is 6.70. The van der Waals surface area contributed by atoms with Gasteiger partial charge in [0.1, 0.15) is 6.33 Å². The first-order valence-electron chi connectivity index (χ1n) is 8.05. The van der Waals surface area contributed by atoms with Crippen molar-refractivity contribution in [3.63, 3.8) is 0 Å². The Morgan fingerprint density at radius 3 is 2.46 bits per heavy atom. The number of likely N-dealkylation sites (N-methyl/N-ethyl adjacent to an activating group) is 1. The molecule has 10 heteroatoms. The standard InChI is InChI=1S/C16H19N7O3/c1-21-6-8-22(9-7-21)16(24)11-2-4-12(5-3-11)20-15-13(23(25)26)14(17)18-10-19-15/h2-5,10H,6-9H2,1H3,(H3,17,18,19,20). The molecule has 1 saturated heterocycles. The number of anilines is 3. The molecule has 1 aliphatic rings. The van der Waals surface area contributed by atoms with Crippen molar-refractivity contribution < 1.29 is 9.72 Å². The lowest BCUT2D eigenvalue weighted by atomic mass is 10.1. The number of amides is 1. The highest BCUT2D eigenvalue weighted by Gasteiger charge is 2.22. The predicted octanol–water partition coefficient (Wildman–Crippen LogP) is 1.10. The molecular weight excluding hydrogens is 338 g/mol. The predicted molar refractivity (Wildman–Crippen MR) is 96.2 cm³/mol. The van der Waals surface area contributed by atoms with Crippen molar-refractivity contribution in [2.75, 3.05) is 44.3 Å². The fourth-order valence-electron chi connectivity index (χ4n) is 2.69. The summed E-state index contributed by atoms with van der Waals surface area (Å²) in [6.45, 7) is 3.10. The van der Waals surface area contributed by atoms with E-state index in [1.165, 1.54) is 0 Å². The second-order valence-electron chi connectivity index (χ2n) is 6.01. The van der Waals surface area contributed by atoms with Crippen LogP contribution in [0.1, 0.15) is 10.4 Å². The van der Waals surface area contributed by atoms with E-state index in [1.807, 2.05) is 11.9 Å². The maximum Gasteiger partial charge on any atom is 0.353 e. The Hall–Kier alpha value is -3.27. The summed E-state index contributed by atoms with van der Waals surface area (Å²) in [5.74, 6) is -0.239. The van der Waals surface area contributed by atoms with Crippen LogP contribution in [0.4, 0.5) is 23.0 Å². The molecule has 10 nitrogen and oxygen atoms in total. The van der Waals surface area contributed by atoms with Crippen LogP contribution in [0.25, 0.3) is 0 Å². The second-order valence-corrected chi connectivity index (χ2v) is 6.01. The van der Waals surface area contributed by atoms with Crippen LogP contribution in [0.5, 0.6) is 0 Å². The molecule has 0 saturated carbocycles. The van der Waals surface area contributed by atoms with Gasteiger partial charge in [0.15, 0.2) is 0 Å². The molecule has 0 radical (unpaired) electrons. The van der Waals surface area contributed by atoms with E-state index < -0.39 is 4.92 Å². The Bertz CT molecular complexity index is 817. The first kappa shape index (κ1) is 17.5. The first-order chi connectivity index (χ1) is 12.5. The number of hydrogen-bond acceptors (Lipinski definition) is 8. The maximum atomic E-state index is 12.5. The fraction of sp³-hybridized carbons (Fsp3) is 0.312. The number of aromatic nitrogens is 2. The van der Waals surface area contributed by atoms with E-state index >= 15 is 0 Å². The zero-order valence-electron chi connectivity index (χ0n) is 14.3. The Balaban J connectivity index is 1.74. The highest BCUT2D eigenvalue weighted by molar-refractivity contribution is 5.94. The molecule has 1 aromatic carbocycles. The number of piperazine rings is 1. The average Bonchev–Trinajstić information content (AvgIpc) is 2.62. The number of carbonyl (C=O) groups is 1. The second kappa shape index (κ2) is 7.31. The minimum Gasteiger partial charge on any atom is -0.378 e. The largest absolute Gasteiger partial charge is 0.378 e. The number of rotatable bonds is 4. The monoisotopic (exact) mass is 357 g/mol. The summed E-state index contributed by atoms with van der Waals surface area (Å²) in [6.07, 6.45) is 1.15. The van der Waals surface area contributed by atoms with Crippen LogP contribution >= 0.6 is 0 Å². The molecule has 3 rings (SSSR count). The summed E-state index contributed by atoms with van der Waals surface area (Å²) < 4.78 is 0. The van der Waals surface area contributed by atoms with Crippen molar-refractivity contribution in [3.8, 4) is 0 Å². The Labute approximate surface area is 149 Å². The lowest BCUT2D eigenvalue weighted by Crippen LogP contribution is -2.47. The summed E-state index contributed by atoms with van der Waals surface area (Å²) in [5, 5.41) is 14.0. The highest BCUT2D eigenvalue weighted by Crippen LogP contribution is 2.29. The number of nitrogen functional groups attached to an aromatic ring is 1. The van der Waals surface area contributed by atoms with Crippen LogP contribution in [-0.2, 0) is 0 Å². The van der Waals surface area contributed by atoms with Gasteiger partial charge in [-0.15, -0.1) is 0 Å². The molecule has 1 aliphatic heterocycles. The van der Waals surface area contributed by atoms with Gasteiger partial charge in [0.2, 0.25) is 11.6 Å². The molecule has 0 spiro atoms. The average molecular weight is 357 g/mol. The molecule has 0 aliphatic carbocycles. The molecule has 1 aromatic heterocycles. The number of nitrogens with one attached hydrogen (secondary N) is 1. The topological polar surface area (TPSA) is 131 Å². The Morgan fingerprint density at radius 2 is 1.85 bits per heavy atom. The zero-order chi connectivity index (χ0) is 18.7. The minimum atomic E-state index is -0.636. The molecule has 136 valence electrons. The van der Waals surface area contributed by atoms with Gasteiger partial charge in [0, 0.05) is 37.4 Å². The Morgan fingerprint density at radius 1 is 1.19 bits per heavy atom. The van der Waals surface area contributed by atoms with E-state index in [-0.39, 0.29) is 23.2 Å². The van der Waals surface area contributed by atoms with E-state index in [0.717, 1.165) is 19.4 Å². The van der Waals surface area contributed by atoms with Crippen LogP contribution in [0.3, 0.4) is 0 Å². The van der Waals surface area contributed by atoms with Crippen LogP contribution < -0.4 is 11.1 Å². The highest BCUT2D eigenvalue weighted by atomic mass is 16.6. The SMILES string of the molecule is CN1CCN(C(=O)c2ccc(Nc3ncnc(N)c3[N+](=O)[O-])cc2)CC1. The number of nitro groups is 1. The van der Waals surface area contributed by atoms with Crippen molar-refractivity contribution in [2.45, 2.75) is 0 Å². The number of nitrogens with zero attached hydrogens (tertiary/aromatic N) is 5.